The average molecular weight is 261 g/mol. The van der Waals surface area contributed by atoms with Gasteiger partial charge in [0.15, 0.2) is 5.75 Å². The quantitative estimate of drug-likeness (QED) is 0.531. The molecule has 0 fully saturated rings. The molecule has 0 aromatic heterocycles. The molecule has 1 rings (SSSR count). The van der Waals surface area contributed by atoms with Gasteiger partial charge >= 0.3 is 5.97 Å². The first-order valence-corrected chi connectivity index (χ1v) is 5.46. The maximum Gasteiger partial charge on any atom is 0.339 e. The lowest BCUT2D eigenvalue weighted by atomic mass is 10.1. The molecule has 1 amide bonds. The minimum atomic E-state index is -4.87. The van der Waals surface area contributed by atoms with Crippen molar-refractivity contribution in [2.75, 3.05) is 0 Å². The van der Waals surface area contributed by atoms with Crippen molar-refractivity contribution >= 4 is 22.0 Å². The second-order valence-corrected chi connectivity index (χ2v) is 4.40. The summed E-state index contributed by atoms with van der Waals surface area (Å²) < 4.78 is 30.5. The van der Waals surface area contributed by atoms with E-state index in [2.05, 4.69) is 0 Å². The molecule has 0 saturated heterocycles. The Hall–Kier alpha value is -2.13. The van der Waals surface area contributed by atoms with Gasteiger partial charge in [-0.3, -0.25) is 9.35 Å². The number of nitrogens with two attached hydrogens (primary N) is 1. The Kier molecular flexibility index (Phi) is 3.07. The number of carboxylic acids is 1. The number of primary amides is 1. The third-order valence-corrected chi connectivity index (χ3v) is 2.73. The van der Waals surface area contributed by atoms with Crippen LogP contribution in [0.3, 0.4) is 0 Å². The highest BCUT2D eigenvalue weighted by molar-refractivity contribution is 7.86. The topological polar surface area (TPSA) is 155 Å². The molecule has 0 radical (unpaired) electrons. The van der Waals surface area contributed by atoms with Crippen LogP contribution in [0.5, 0.6) is 5.75 Å². The maximum absolute atomic E-state index is 10.9. The van der Waals surface area contributed by atoms with Gasteiger partial charge < -0.3 is 15.9 Å². The largest absolute Gasteiger partial charge is 0.506 e. The van der Waals surface area contributed by atoms with Crippen LogP contribution >= 0.6 is 0 Å². The van der Waals surface area contributed by atoms with Crippen LogP contribution in [0.25, 0.3) is 0 Å². The Bertz CT molecular complexity index is 605. The molecular formula is C8H7NO7S. The molecule has 8 nitrogen and oxygen atoms in total. The first-order chi connectivity index (χ1) is 7.64. The molecule has 0 aliphatic rings. The summed E-state index contributed by atoms with van der Waals surface area (Å²) in [5, 5.41) is 18.0. The Balaban J connectivity index is 3.73. The van der Waals surface area contributed by atoms with E-state index in [4.69, 9.17) is 15.4 Å². The number of hydrogen-bond acceptors (Lipinski definition) is 5. The van der Waals surface area contributed by atoms with Gasteiger partial charge in [-0.05, 0) is 12.1 Å². The van der Waals surface area contributed by atoms with Crippen molar-refractivity contribution in [3.63, 3.8) is 0 Å². The number of carbonyl (C=O) groups is 2. The van der Waals surface area contributed by atoms with Crippen molar-refractivity contribution in [3.8, 4) is 5.75 Å². The summed E-state index contributed by atoms with van der Waals surface area (Å²) >= 11 is 0. The third kappa shape index (κ3) is 2.52. The third-order valence-electron chi connectivity index (χ3n) is 1.87. The molecule has 5 N–H and O–H groups in total. The monoisotopic (exact) mass is 261 g/mol. The molecular weight excluding hydrogens is 254 g/mol. The van der Waals surface area contributed by atoms with Crippen LogP contribution < -0.4 is 5.73 Å². The predicted octanol–water partition coefficient (Wildman–Crippen LogP) is -0.564. The number of aromatic carboxylic acids is 1. The molecule has 1 aromatic carbocycles. The zero-order valence-electron chi connectivity index (χ0n) is 8.11. The Labute approximate surface area is 95.0 Å². The fourth-order valence-electron chi connectivity index (χ4n) is 1.11. The first kappa shape index (κ1) is 12.9. The second kappa shape index (κ2) is 4.03. The molecule has 92 valence electrons. The van der Waals surface area contributed by atoms with Gasteiger partial charge in [0.05, 0.1) is 0 Å². The smallest absolute Gasteiger partial charge is 0.339 e. The van der Waals surface area contributed by atoms with Gasteiger partial charge in [-0.1, -0.05) is 0 Å². The second-order valence-electron chi connectivity index (χ2n) is 3.02. The van der Waals surface area contributed by atoms with Gasteiger partial charge in [0.1, 0.15) is 10.5 Å². The average Bonchev–Trinajstić information content (AvgIpc) is 2.15. The number of hydrogen-bond donors (Lipinski definition) is 4. The van der Waals surface area contributed by atoms with E-state index in [0.717, 1.165) is 0 Å². The van der Waals surface area contributed by atoms with E-state index in [1.807, 2.05) is 0 Å². The molecule has 9 heteroatoms. The van der Waals surface area contributed by atoms with Gasteiger partial charge in [0, 0.05) is 5.56 Å². The minimum Gasteiger partial charge on any atom is -0.506 e. The Morgan fingerprint density at radius 3 is 2.12 bits per heavy atom. The van der Waals surface area contributed by atoms with Crippen molar-refractivity contribution in [1.82, 2.24) is 0 Å². The van der Waals surface area contributed by atoms with Crippen LogP contribution in [0.4, 0.5) is 0 Å². The minimum absolute atomic E-state index is 0.465. The van der Waals surface area contributed by atoms with Crippen LogP contribution in [0.1, 0.15) is 20.7 Å². The molecule has 0 saturated carbocycles. The van der Waals surface area contributed by atoms with Gasteiger partial charge in [-0.15, -0.1) is 0 Å². The number of carboxylic acid groups (broad SMARTS) is 1. The van der Waals surface area contributed by atoms with Crippen LogP contribution in [-0.4, -0.2) is 35.1 Å². The SMILES string of the molecule is NC(=O)c1cc(C(=O)O)c(O)c(S(=O)(=O)O)c1. The van der Waals surface area contributed by atoms with Crippen molar-refractivity contribution in [2.45, 2.75) is 4.90 Å². The van der Waals surface area contributed by atoms with E-state index >= 15 is 0 Å². The number of carbonyl (C=O) groups excluding carboxylic acids is 1. The standard InChI is InChI=1S/C8H7NO7S/c9-7(11)3-1-4(8(12)13)6(10)5(2-3)17(14,15)16/h1-2,10H,(H2,9,11)(H,12,13)(H,14,15,16). The van der Waals surface area contributed by atoms with Gasteiger partial charge in [-0.25, -0.2) is 4.79 Å². The van der Waals surface area contributed by atoms with E-state index in [1.54, 1.807) is 0 Å². The van der Waals surface area contributed by atoms with E-state index in [9.17, 15) is 23.1 Å². The van der Waals surface area contributed by atoms with Crippen molar-refractivity contribution in [1.29, 1.82) is 0 Å². The van der Waals surface area contributed by atoms with Crippen molar-refractivity contribution in [2.24, 2.45) is 5.73 Å². The number of rotatable bonds is 3. The van der Waals surface area contributed by atoms with Crippen molar-refractivity contribution < 1.29 is 32.8 Å². The van der Waals surface area contributed by atoms with Crippen LogP contribution in [0, 0.1) is 0 Å². The van der Waals surface area contributed by atoms with Gasteiger partial charge in [0.2, 0.25) is 5.91 Å². The highest BCUT2D eigenvalue weighted by Gasteiger charge is 2.24. The molecule has 0 aliphatic heterocycles. The highest BCUT2D eigenvalue weighted by atomic mass is 32.2. The lowest BCUT2D eigenvalue weighted by Crippen LogP contribution is -2.14. The molecule has 0 bridgehead atoms. The lowest BCUT2D eigenvalue weighted by molar-refractivity contribution is 0.0693. The molecule has 0 aliphatic carbocycles. The van der Waals surface area contributed by atoms with Gasteiger partial charge in [0.25, 0.3) is 10.1 Å². The fraction of sp³-hybridized carbons (Fsp3) is 0. The first-order valence-electron chi connectivity index (χ1n) is 4.02. The summed E-state index contributed by atoms with van der Waals surface area (Å²) in [5.41, 5.74) is 3.54. The summed E-state index contributed by atoms with van der Waals surface area (Å²) in [6.07, 6.45) is 0. The lowest BCUT2D eigenvalue weighted by Gasteiger charge is -2.06. The normalized spacial score (nSPS) is 11.1. The molecule has 1 aromatic rings. The summed E-state index contributed by atoms with van der Waals surface area (Å²) in [7, 11) is -4.87. The number of phenols is 1. The summed E-state index contributed by atoms with van der Waals surface area (Å²) in [5.74, 6) is -3.93. The zero-order chi connectivity index (χ0) is 13.4. The van der Waals surface area contributed by atoms with Crippen LogP contribution in [-0.2, 0) is 10.1 Å². The molecule has 0 spiro atoms. The number of aromatic hydroxyl groups is 1. The molecule has 0 atom stereocenters. The predicted molar refractivity (Wildman–Crippen MR) is 53.4 cm³/mol. The summed E-state index contributed by atoms with van der Waals surface area (Å²) in [4.78, 5) is 20.4. The van der Waals surface area contributed by atoms with E-state index < -0.39 is 43.8 Å². The zero-order valence-corrected chi connectivity index (χ0v) is 8.93. The van der Waals surface area contributed by atoms with E-state index in [-0.39, 0.29) is 0 Å². The number of benzene rings is 1. The molecule has 0 unspecified atom stereocenters. The Morgan fingerprint density at radius 1 is 1.24 bits per heavy atom. The van der Waals surface area contributed by atoms with Crippen molar-refractivity contribution in [3.05, 3.63) is 23.3 Å². The van der Waals surface area contributed by atoms with Crippen LogP contribution in [0.2, 0.25) is 0 Å². The summed E-state index contributed by atoms with van der Waals surface area (Å²) in [6.45, 7) is 0. The molecule has 17 heavy (non-hydrogen) atoms. The van der Waals surface area contributed by atoms with Gasteiger partial charge in [-0.2, -0.15) is 8.42 Å². The van der Waals surface area contributed by atoms with Crippen LogP contribution in [0.15, 0.2) is 17.0 Å². The number of amides is 1. The molecule has 0 heterocycles. The van der Waals surface area contributed by atoms with E-state index in [1.165, 1.54) is 0 Å². The van der Waals surface area contributed by atoms with E-state index in [0.29, 0.717) is 12.1 Å². The Morgan fingerprint density at radius 2 is 1.76 bits per heavy atom. The maximum atomic E-state index is 10.9. The highest BCUT2D eigenvalue weighted by Crippen LogP contribution is 2.28. The fourth-order valence-corrected chi connectivity index (χ4v) is 1.74. The summed E-state index contributed by atoms with van der Waals surface area (Å²) in [6, 6.07) is 1.29.